The van der Waals surface area contributed by atoms with E-state index in [1.165, 1.54) is 5.56 Å². The van der Waals surface area contributed by atoms with Crippen LogP contribution >= 0.6 is 0 Å². The molecule has 3 heteroatoms. The van der Waals surface area contributed by atoms with Crippen LogP contribution in [0.2, 0.25) is 0 Å². The van der Waals surface area contributed by atoms with Gasteiger partial charge in [0.15, 0.2) is 5.60 Å². The van der Waals surface area contributed by atoms with Gasteiger partial charge in [-0.15, -0.1) is 0 Å². The Balaban J connectivity index is 1.97. The lowest BCUT2D eigenvalue weighted by Crippen LogP contribution is -2.52. The van der Waals surface area contributed by atoms with E-state index in [0.717, 1.165) is 22.6 Å². The van der Waals surface area contributed by atoms with Gasteiger partial charge in [0.2, 0.25) is 0 Å². The van der Waals surface area contributed by atoms with Crippen LogP contribution in [0.5, 0.6) is 11.5 Å². The fourth-order valence-electron chi connectivity index (χ4n) is 2.81. The van der Waals surface area contributed by atoms with Gasteiger partial charge >= 0.3 is 0 Å². The first-order chi connectivity index (χ1) is 9.32. The molecule has 4 rings (SSSR count). The molecule has 2 aromatic rings. The van der Waals surface area contributed by atoms with Gasteiger partial charge in [-0.2, -0.15) is 0 Å². The van der Waals surface area contributed by atoms with Gasteiger partial charge in [0, 0.05) is 11.1 Å². The molecule has 19 heavy (non-hydrogen) atoms. The Bertz CT molecular complexity index is 644. The molecule has 0 bridgehead atoms. The van der Waals surface area contributed by atoms with Crippen LogP contribution in [0.25, 0.3) is 11.1 Å². The maximum Gasteiger partial charge on any atom is 0.181 e. The fraction of sp³-hybridized carbons (Fsp3) is 0.250. The van der Waals surface area contributed by atoms with Crippen molar-refractivity contribution < 1.29 is 14.2 Å². The van der Waals surface area contributed by atoms with Gasteiger partial charge in [-0.25, -0.2) is 0 Å². The summed E-state index contributed by atoms with van der Waals surface area (Å²) in [5, 5.41) is 0. The van der Waals surface area contributed by atoms with Crippen molar-refractivity contribution in [2.24, 2.45) is 0 Å². The lowest BCUT2D eigenvalue weighted by molar-refractivity contribution is -0.169. The lowest BCUT2D eigenvalue weighted by Gasteiger charge is -2.45. The van der Waals surface area contributed by atoms with Crippen molar-refractivity contribution in [2.75, 3.05) is 20.3 Å². The third kappa shape index (κ3) is 1.42. The zero-order chi connectivity index (χ0) is 12.9. The molecule has 3 nitrogen and oxygen atoms in total. The summed E-state index contributed by atoms with van der Waals surface area (Å²) in [4.78, 5) is 0. The Hall–Kier alpha value is -2.00. The summed E-state index contributed by atoms with van der Waals surface area (Å²) < 4.78 is 16.9. The molecule has 0 radical (unpaired) electrons. The zero-order valence-corrected chi connectivity index (χ0v) is 10.7. The molecular formula is C16H14O3. The van der Waals surface area contributed by atoms with Crippen molar-refractivity contribution in [1.82, 2.24) is 0 Å². The van der Waals surface area contributed by atoms with Crippen LogP contribution in [0, 0.1) is 0 Å². The molecule has 2 aromatic carbocycles. The van der Waals surface area contributed by atoms with E-state index < -0.39 is 0 Å². The molecule has 1 saturated heterocycles. The largest absolute Gasteiger partial charge is 0.497 e. The minimum atomic E-state index is -0.335. The standard InChI is InChI=1S/C16H14O3/c1-17-11-6-7-12-13-4-2-3-5-15(13)19-16(9-18-10-16)14(12)8-11/h2-8H,9-10H2,1H3. The smallest absolute Gasteiger partial charge is 0.181 e. The maximum absolute atomic E-state index is 6.20. The van der Waals surface area contributed by atoms with Crippen LogP contribution in [-0.2, 0) is 10.3 Å². The molecule has 0 aliphatic carbocycles. The van der Waals surface area contributed by atoms with Crippen molar-refractivity contribution >= 4 is 0 Å². The molecule has 2 aliphatic heterocycles. The van der Waals surface area contributed by atoms with Crippen LogP contribution in [0.15, 0.2) is 42.5 Å². The molecule has 0 aromatic heterocycles. The highest BCUT2D eigenvalue weighted by Gasteiger charge is 2.47. The topological polar surface area (TPSA) is 27.7 Å². The molecule has 0 saturated carbocycles. The Labute approximate surface area is 111 Å². The Kier molecular flexibility index (Phi) is 2.15. The van der Waals surface area contributed by atoms with E-state index in [2.05, 4.69) is 18.2 Å². The average molecular weight is 254 g/mol. The van der Waals surface area contributed by atoms with Gasteiger partial charge in [-0.05, 0) is 23.8 Å². The first-order valence-electron chi connectivity index (χ1n) is 6.37. The van der Waals surface area contributed by atoms with Gasteiger partial charge in [0.1, 0.15) is 11.5 Å². The summed E-state index contributed by atoms with van der Waals surface area (Å²) >= 11 is 0. The second-order valence-electron chi connectivity index (χ2n) is 5.00. The highest BCUT2D eigenvalue weighted by atomic mass is 16.6. The normalized spacial score (nSPS) is 17.9. The summed E-state index contributed by atoms with van der Waals surface area (Å²) in [7, 11) is 1.68. The molecule has 2 aliphatic rings. The number of methoxy groups -OCH3 is 1. The van der Waals surface area contributed by atoms with Crippen LogP contribution in [0.1, 0.15) is 5.56 Å². The second-order valence-corrected chi connectivity index (χ2v) is 5.00. The SMILES string of the molecule is COc1ccc2c(c1)C1(COC1)Oc1ccccc1-2. The molecule has 0 N–H and O–H groups in total. The molecule has 0 amide bonds. The summed E-state index contributed by atoms with van der Waals surface area (Å²) in [6.07, 6.45) is 0. The second kappa shape index (κ2) is 3.75. The van der Waals surface area contributed by atoms with Crippen molar-refractivity contribution in [2.45, 2.75) is 5.60 Å². The molecule has 0 unspecified atom stereocenters. The lowest BCUT2D eigenvalue weighted by atomic mass is 9.82. The van der Waals surface area contributed by atoms with E-state index >= 15 is 0 Å². The van der Waals surface area contributed by atoms with Crippen LogP contribution < -0.4 is 9.47 Å². The van der Waals surface area contributed by atoms with Gasteiger partial charge in [-0.1, -0.05) is 24.3 Å². The van der Waals surface area contributed by atoms with E-state index in [1.807, 2.05) is 24.3 Å². The minimum absolute atomic E-state index is 0.335. The van der Waals surface area contributed by atoms with Crippen molar-refractivity contribution in [1.29, 1.82) is 0 Å². The third-order valence-electron chi connectivity index (χ3n) is 3.87. The molecule has 1 fully saturated rings. The third-order valence-corrected chi connectivity index (χ3v) is 3.87. The molecule has 0 atom stereocenters. The van der Waals surface area contributed by atoms with E-state index in [9.17, 15) is 0 Å². The van der Waals surface area contributed by atoms with E-state index in [4.69, 9.17) is 14.2 Å². The monoisotopic (exact) mass is 254 g/mol. The summed E-state index contributed by atoms with van der Waals surface area (Å²) in [5.41, 5.74) is 3.18. The van der Waals surface area contributed by atoms with Gasteiger partial charge < -0.3 is 14.2 Å². The molecular weight excluding hydrogens is 240 g/mol. The summed E-state index contributed by atoms with van der Waals surface area (Å²) in [6.45, 7) is 1.20. The predicted octanol–water partition coefficient (Wildman–Crippen LogP) is 2.98. The van der Waals surface area contributed by atoms with Crippen LogP contribution in [0.4, 0.5) is 0 Å². The highest BCUT2D eigenvalue weighted by molar-refractivity contribution is 5.77. The highest BCUT2D eigenvalue weighted by Crippen LogP contribution is 2.48. The van der Waals surface area contributed by atoms with Crippen molar-refractivity contribution in [3.05, 3.63) is 48.0 Å². The Morgan fingerprint density at radius 1 is 1.05 bits per heavy atom. The number of hydrogen-bond acceptors (Lipinski definition) is 3. The van der Waals surface area contributed by atoms with Crippen LogP contribution in [-0.4, -0.2) is 20.3 Å². The number of benzene rings is 2. The Morgan fingerprint density at radius 2 is 1.89 bits per heavy atom. The van der Waals surface area contributed by atoms with Crippen molar-refractivity contribution in [3.63, 3.8) is 0 Å². The van der Waals surface area contributed by atoms with Crippen LogP contribution in [0.3, 0.4) is 0 Å². The molecule has 1 spiro atoms. The maximum atomic E-state index is 6.20. The van der Waals surface area contributed by atoms with E-state index in [0.29, 0.717) is 13.2 Å². The van der Waals surface area contributed by atoms with Gasteiger partial charge in [0.25, 0.3) is 0 Å². The van der Waals surface area contributed by atoms with Crippen molar-refractivity contribution in [3.8, 4) is 22.6 Å². The first-order valence-corrected chi connectivity index (χ1v) is 6.37. The molecule has 2 heterocycles. The number of rotatable bonds is 1. The zero-order valence-electron chi connectivity index (χ0n) is 10.7. The summed E-state index contributed by atoms with van der Waals surface area (Å²) in [5.74, 6) is 1.79. The van der Waals surface area contributed by atoms with E-state index in [-0.39, 0.29) is 5.60 Å². The minimum Gasteiger partial charge on any atom is -0.497 e. The predicted molar refractivity (Wildman–Crippen MR) is 71.6 cm³/mol. The number of fused-ring (bicyclic) bond motifs is 4. The molecule has 96 valence electrons. The number of ether oxygens (including phenoxy) is 3. The van der Waals surface area contributed by atoms with E-state index in [1.54, 1.807) is 7.11 Å². The summed E-state index contributed by atoms with van der Waals surface area (Å²) in [6, 6.07) is 14.3. The first kappa shape index (κ1) is 10.9. The Morgan fingerprint density at radius 3 is 2.63 bits per heavy atom. The average Bonchev–Trinajstić information content (AvgIpc) is 2.44. The number of para-hydroxylation sites is 1. The number of hydrogen-bond donors (Lipinski definition) is 0. The fourth-order valence-corrected chi connectivity index (χ4v) is 2.81. The van der Waals surface area contributed by atoms with Gasteiger partial charge in [0.05, 0.1) is 20.3 Å². The quantitative estimate of drug-likeness (QED) is 0.783. The van der Waals surface area contributed by atoms with Gasteiger partial charge in [-0.3, -0.25) is 0 Å².